The molecular weight excluding hydrogens is 192 g/mol. The van der Waals surface area contributed by atoms with E-state index in [9.17, 15) is 4.79 Å². The number of carboxylic acids is 1. The van der Waals surface area contributed by atoms with Crippen molar-refractivity contribution in [3.63, 3.8) is 0 Å². The fourth-order valence-electron chi connectivity index (χ4n) is 1.50. The van der Waals surface area contributed by atoms with Gasteiger partial charge in [0.15, 0.2) is 0 Å². The van der Waals surface area contributed by atoms with Gasteiger partial charge in [-0.15, -0.1) is 0 Å². The molecule has 0 saturated heterocycles. The van der Waals surface area contributed by atoms with Crippen LogP contribution in [0.25, 0.3) is 0 Å². The normalized spacial score (nSPS) is 12.5. The van der Waals surface area contributed by atoms with Gasteiger partial charge >= 0.3 is 5.97 Å². The molecule has 0 spiro atoms. The molecule has 0 aliphatic carbocycles. The lowest BCUT2D eigenvalue weighted by atomic mass is 10.2. The van der Waals surface area contributed by atoms with E-state index in [-0.39, 0.29) is 12.5 Å². The summed E-state index contributed by atoms with van der Waals surface area (Å²) in [6, 6.07) is 4.23. The summed E-state index contributed by atoms with van der Waals surface area (Å²) in [5.41, 5.74) is 5.54. The van der Waals surface area contributed by atoms with Gasteiger partial charge in [-0.1, -0.05) is 0 Å². The highest BCUT2D eigenvalue weighted by Gasteiger charge is 2.07. The summed E-state index contributed by atoms with van der Waals surface area (Å²) < 4.78 is 1.99. The van der Waals surface area contributed by atoms with Crippen LogP contribution in [0.5, 0.6) is 0 Å². The van der Waals surface area contributed by atoms with Gasteiger partial charge in [-0.25, -0.2) is 0 Å². The quantitative estimate of drug-likeness (QED) is 0.780. The molecule has 4 heteroatoms. The Morgan fingerprint density at radius 3 is 2.47 bits per heavy atom. The third-order valence-electron chi connectivity index (χ3n) is 2.41. The average molecular weight is 210 g/mol. The lowest BCUT2D eigenvalue weighted by Gasteiger charge is -2.18. The molecule has 0 bridgehead atoms. The molecule has 0 aliphatic heterocycles. The van der Waals surface area contributed by atoms with Crippen LogP contribution in [0.1, 0.15) is 31.2 Å². The van der Waals surface area contributed by atoms with Crippen LogP contribution in [-0.4, -0.2) is 21.8 Å². The Kier molecular flexibility index (Phi) is 3.77. The van der Waals surface area contributed by atoms with Gasteiger partial charge < -0.3 is 10.5 Å². The Morgan fingerprint density at radius 2 is 2.00 bits per heavy atom. The summed E-state index contributed by atoms with van der Waals surface area (Å²) in [7, 11) is 0. The second-order valence-electron chi connectivity index (χ2n) is 3.91. The van der Waals surface area contributed by atoms with E-state index in [2.05, 4.69) is 5.43 Å². The highest BCUT2D eigenvalue weighted by molar-refractivity contribution is 5.66. The van der Waals surface area contributed by atoms with Crippen LogP contribution in [0.15, 0.2) is 12.1 Å². The van der Waals surface area contributed by atoms with Crippen LogP contribution in [0.3, 0.4) is 0 Å². The fraction of sp³-hybridized carbons (Fsp3) is 0.545. The zero-order valence-electron chi connectivity index (χ0n) is 9.45. The minimum atomic E-state index is -0.746. The molecule has 0 aliphatic rings. The summed E-state index contributed by atoms with van der Waals surface area (Å²) in [6.45, 7) is 6.02. The zero-order valence-corrected chi connectivity index (χ0v) is 9.45. The lowest BCUT2D eigenvalue weighted by molar-refractivity contribution is -0.137. The molecule has 0 amide bonds. The Bertz CT molecular complexity index is 325. The van der Waals surface area contributed by atoms with Crippen molar-refractivity contribution in [2.24, 2.45) is 0 Å². The number of aliphatic carboxylic acids is 1. The third-order valence-corrected chi connectivity index (χ3v) is 2.41. The number of nitrogens with zero attached hydrogens (tertiary/aromatic N) is 1. The molecule has 4 nitrogen and oxygen atoms in total. The van der Waals surface area contributed by atoms with Crippen LogP contribution in [0.4, 0.5) is 0 Å². The molecule has 1 atom stereocenters. The lowest BCUT2D eigenvalue weighted by Crippen LogP contribution is -2.27. The van der Waals surface area contributed by atoms with E-state index >= 15 is 0 Å². The molecule has 84 valence electrons. The van der Waals surface area contributed by atoms with Crippen molar-refractivity contribution in [2.45, 2.75) is 39.7 Å². The Balaban J connectivity index is 2.51. The van der Waals surface area contributed by atoms with Crippen molar-refractivity contribution in [3.05, 3.63) is 23.5 Å². The molecule has 0 fully saturated rings. The van der Waals surface area contributed by atoms with Gasteiger partial charge in [0.2, 0.25) is 0 Å². The molecule has 0 aromatic carbocycles. The van der Waals surface area contributed by atoms with Gasteiger partial charge in [-0.05, 0) is 39.3 Å². The first-order chi connectivity index (χ1) is 7.00. The molecule has 0 saturated carbocycles. The standard InChI is InChI=1S/C11H18N2O2/c1-8(4-7-11(14)15)12-13-9(2)5-6-10(13)3/h5-6,8,12H,4,7H2,1-3H3,(H,14,15). The molecule has 1 aromatic rings. The van der Waals surface area contributed by atoms with Crippen molar-refractivity contribution in [3.8, 4) is 0 Å². The molecule has 0 radical (unpaired) electrons. The van der Waals surface area contributed by atoms with Crippen molar-refractivity contribution < 1.29 is 9.90 Å². The third kappa shape index (κ3) is 3.31. The molecule has 1 aromatic heterocycles. The summed E-state index contributed by atoms with van der Waals surface area (Å²) in [6.07, 6.45) is 0.833. The van der Waals surface area contributed by atoms with E-state index < -0.39 is 5.97 Å². The van der Waals surface area contributed by atoms with Crippen LogP contribution < -0.4 is 5.43 Å². The minimum absolute atomic E-state index is 0.158. The summed E-state index contributed by atoms with van der Waals surface area (Å²) in [5.74, 6) is -0.746. The summed E-state index contributed by atoms with van der Waals surface area (Å²) in [4.78, 5) is 10.4. The molecule has 1 rings (SSSR count). The molecule has 1 unspecified atom stereocenters. The monoisotopic (exact) mass is 210 g/mol. The van der Waals surface area contributed by atoms with Gasteiger partial charge in [0.1, 0.15) is 0 Å². The predicted octanol–water partition coefficient (Wildman–Crippen LogP) is 1.90. The first-order valence-electron chi connectivity index (χ1n) is 5.14. The highest BCUT2D eigenvalue weighted by atomic mass is 16.4. The van der Waals surface area contributed by atoms with Gasteiger partial charge in [-0.2, -0.15) is 0 Å². The number of aryl methyl sites for hydroxylation is 2. The molecule has 2 N–H and O–H groups in total. The predicted molar refractivity (Wildman–Crippen MR) is 59.6 cm³/mol. The van der Waals surface area contributed by atoms with Gasteiger partial charge in [-0.3, -0.25) is 9.47 Å². The van der Waals surface area contributed by atoms with Crippen molar-refractivity contribution in [1.82, 2.24) is 4.68 Å². The Morgan fingerprint density at radius 1 is 1.47 bits per heavy atom. The van der Waals surface area contributed by atoms with E-state index in [0.717, 1.165) is 11.4 Å². The summed E-state index contributed by atoms with van der Waals surface area (Å²) >= 11 is 0. The maximum Gasteiger partial charge on any atom is 0.303 e. The molecule has 1 heterocycles. The van der Waals surface area contributed by atoms with Gasteiger partial charge in [0.25, 0.3) is 0 Å². The average Bonchev–Trinajstić information content (AvgIpc) is 2.46. The van der Waals surface area contributed by atoms with Gasteiger partial charge in [0.05, 0.1) is 0 Å². The summed E-state index contributed by atoms with van der Waals surface area (Å²) in [5, 5.41) is 8.56. The van der Waals surface area contributed by atoms with E-state index in [1.807, 2.05) is 37.6 Å². The Hall–Kier alpha value is -1.45. The fourth-order valence-corrected chi connectivity index (χ4v) is 1.50. The number of hydrogen-bond donors (Lipinski definition) is 2. The number of carbonyl (C=O) groups is 1. The molecule has 15 heavy (non-hydrogen) atoms. The van der Waals surface area contributed by atoms with E-state index in [1.165, 1.54) is 0 Å². The zero-order chi connectivity index (χ0) is 11.4. The number of nitrogens with one attached hydrogen (secondary N) is 1. The van der Waals surface area contributed by atoms with Crippen LogP contribution in [0.2, 0.25) is 0 Å². The smallest absolute Gasteiger partial charge is 0.303 e. The van der Waals surface area contributed by atoms with E-state index in [0.29, 0.717) is 6.42 Å². The SMILES string of the molecule is Cc1ccc(C)n1NC(C)CCC(=O)O. The second-order valence-corrected chi connectivity index (χ2v) is 3.91. The topological polar surface area (TPSA) is 54.3 Å². The largest absolute Gasteiger partial charge is 0.481 e. The highest BCUT2D eigenvalue weighted by Crippen LogP contribution is 2.06. The molecular formula is C11H18N2O2. The van der Waals surface area contributed by atoms with Crippen molar-refractivity contribution >= 4 is 5.97 Å². The minimum Gasteiger partial charge on any atom is -0.481 e. The first kappa shape index (κ1) is 11.6. The van der Waals surface area contributed by atoms with Crippen molar-refractivity contribution in [2.75, 3.05) is 5.43 Å². The van der Waals surface area contributed by atoms with Crippen LogP contribution in [0, 0.1) is 13.8 Å². The van der Waals surface area contributed by atoms with Crippen LogP contribution >= 0.6 is 0 Å². The number of carboxylic acid groups (broad SMARTS) is 1. The van der Waals surface area contributed by atoms with Crippen molar-refractivity contribution in [1.29, 1.82) is 0 Å². The maximum absolute atomic E-state index is 10.4. The number of aromatic nitrogens is 1. The number of rotatable bonds is 5. The Labute approximate surface area is 89.9 Å². The second kappa shape index (κ2) is 4.87. The van der Waals surface area contributed by atoms with Crippen LogP contribution in [-0.2, 0) is 4.79 Å². The maximum atomic E-state index is 10.4. The van der Waals surface area contributed by atoms with E-state index in [4.69, 9.17) is 5.11 Å². The number of hydrogen-bond acceptors (Lipinski definition) is 2. The van der Waals surface area contributed by atoms with Gasteiger partial charge in [0, 0.05) is 23.9 Å². The van der Waals surface area contributed by atoms with E-state index in [1.54, 1.807) is 0 Å². The first-order valence-corrected chi connectivity index (χ1v) is 5.14.